The Morgan fingerprint density at radius 1 is 1.21 bits per heavy atom. The van der Waals surface area contributed by atoms with Gasteiger partial charge in [-0.2, -0.15) is 0 Å². The van der Waals surface area contributed by atoms with Crippen molar-refractivity contribution in [1.82, 2.24) is 4.57 Å². The molecule has 4 nitrogen and oxygen atoms in total. The third-order valence-corrected chi connectivity index (χ3v) is 5.52. The first-order chi connectivity index (χ1) is 11.6. The molecule has 5 heteroatoms. The van der Waals surface area contributed by atoms with Crippen LogP contribution in [-0.2, 0) is 11.3 Å². The number of rotatable bonds is 7. The van der Waals surface area contributed by atoms with Crippen molar-refractivity contribution < 1.29 is 14.7 Å². The Balaban J connectivity index is 1.76. The maximum Gasteiger partial charge on any atom is 0.312 e. The molecule has 0 radical (unpaired) electrons. The van der Waals surface area contributed by atoms with Crippen molar-refractivity contribution in [3.8, 4) is 0 Å². The van der Waals surface area contributed by atoms with E-state index < -0.39 is 11.9 Å². The number of carboxylic acids is 1. The second kappa shape index (κ2) is 7.26. The Kier molecular flexibility index (Phi) is 5.09. The minimum Gasteiger partial charge on any atom is -0.481 e. The van der Waals surface area contributed by atoms with Crippen LogP contribution in [0.1, 0.15) is 53.8 Å². The number of aromatic nitrogens is 1. The molecular formula is C19H21NO3S. The van der Waals surface area contributed by atoms with Gasteiger partial charge in [-0.25, -0.2) is 0 Å². The van der Waals surface area contributed by atoms with E-state index in [1.807, 2.05) is 28.8 Å². The Bertz CT molecular complexity index is 748. The summed E-state index contributed by atoms with van der Waals surface area (Å²) >= 11 is 1.80. The van der Waals surface area contributed by atoms with E-state index in [2.05, 4.69) is 6.92 Å². The van der Waals surface area contributed by atoms with Gasteiger partial charge in [-0.3, -0.25) is 9.59 Å². The first-order valence-electron chi connectivity index (χ1n) is 8.31. The maximum atomic E-state index is 12.7. The fourth-order valence-electron chi connectivity index (χ4n) is 3.08. The number of hydrogen-bond donors (Lipinski definition) is 1. The quantitative estimate of drug-likeness (QED) is 0.465. The largest absolute Gasteiger partial charge is 0.481 e. The summed E-state index contributed by atoms with van der Waals surface area (Å²) in [5.41, 5.74) is 1.97. The monoisotopic (exact) mass is 343 g/mol. The molecule has 0 bridgehead atoms. The van der Waals surface area contributed by atoms with Crippen LogP contribution < -0.4 is 0 Å². The van der Waals surface area contributed by atoms with E-state index in [0.717, 1.165) is 11.4 Å². The zero-order valence-corrected chi connectivity index (χ0v) is 14.5. The van der Waals surface area contributed by atoms with Crippen LogP contribution in [0.4, 0.5) is 0 Å². The second-order valence-electron chi connectivity index (χ2n) is 6.03. The summed E-state index contributed by atoms with van der Waals surface area (Å²) in [6.07, 6.45) is 2.92. The number of carbonyl (C=O) groups is 2. The SMILES string of the molecule is CCCCSc1ccc(C(=O)c2ccc3n2CCC3C(=O)O)cc1. The summed E-state index contributed by atoms with van der Waals surface area (Å²) in [7, 11) is 0. The summed E-state index contributed by atoms with van der Waals surface area (Å²) in [5, 5.41) is 9.24. The topological polar surface area (TPSA) is 59.3 Å². The van der Waals surface area contributed by atoms with Crippen LogP contribution in [0.3, 0.4) is 0 Å². The van der Waals surface area contributed by atoms with Gasteiger partial charge in [0.15, 0.2) is 0 Å². The van der Waals surface area contributed by atoms with Crippen molar-refractivity contribution in [2.24, 2.45) is 0 Å². The van der Waals surface area contributed by atoms with E-state index in [1.54, 1.807) is 23.9 Å². The first kappa shape index (κ1) is 16.8. The number of unbranched alkanes of at least 4 members (excludes halogenated alkanes) is 1. The molecule has 0 fully saturated rings. The molecule has 1 aliphatic rings. The van der Waals surface area contributed by atoms with Gasteiger partial charge in [0.1, 0.15) is 0 Å². The average molecular weight is 343 g/mol. The minimum atomic E-state index is -0.820. The Morgan fingerprint density at radius 2 is 1.96 bits per heavy atom. The highest BCUT2D eigenvalue weighted by molar-refractivity contribution is 7.99. The molecular weight excluding hydrogens is 322 g/mol. The van der Waals surface area contributed by atoms with Gasteiger partial charge in [-0.05, 0) is 55.0 Å². The normalized spacial score (nSPS) is 16.1. The molecule has 1 unspecified atom stereocenters. The number of benzene rings is 1. The van der Waals surface area contributed by atoms with Crippen molar-refractivity contribution in [1.29, 1.82) is 0 Å². The fraction of sp³-hybridized carbons (Fsp3) is 0.368. The standard InChI is InChI=1S/C19H21NO3S/c1-2-3-12-24-14-6-4-13(5-7-14)18(21)17-9-8-16-15(19(22)23)10-11-20(16)17/h4-9,15H,2-3,10-12H2,1H3,(H,22,23). The van der Waals surface area contributed by atoms with Gasteiger partial charge in [0.05, 0.1) is 11.6 Å². The summed E-state index contributed by atoms with van der Waals surface area (Å²) in [6, 6.07) is 11.2. The molecule has 1 aromatic heterocycles. The summed E-state index contributed by atoms with van der Waals surface area (Å²) in [4.78, 5) is 25.2. The van der Waals surface area contributed by atoms with Crippen LogP contribution in [0, 0.1) is 0 Å². The molecule has 1 N–H and O–H groups in total. The predicted octanol–water partition coefficient (Wildman–Crippen LogP) is 4.18. The highest BCUT2D eigenvalue weighted by atomic mass is 32.2. The highest BCUT2D eigenvalue weighted by Gasteiger charge is 2.31. The molecule has 0 saturated heterocycles. The first-order valence-corrected chi connectivity index (χ1v) is 9.30. The Morgan fingerprint density at radius 3 is 2.62 bits per heavy atom. The number of carbonyl (C=O) groups excluding carboxylic acids is 1. The van der Waals surface area contributed by atoms with Crippen LogP contribution in [0.25, 0.3) is 0 Å². The zero-order chi connectivity index (χ0) is 17.1. The van der Waals surface area contributed by atoms with Crippen molar-refractivity contribution >= 4 is 23.5 Å². The summed E-state index contributed by atoms with van der Waals surface area (Å²) < 4.78 is 1.85. The predicted molar refractivity (Wildman–Crippen MR) is 94.9 cm³/mol. The van der Waals surface area contributed by atoms with E-state index in [9.17, 15) is 14.7 Å². The lowest BCUT2D eigenvalue weighted by atomic mass is 10.1. The number of ketones is 1. The van der Waals surface area contributed by atoms with E-state index in [0.29, 0.717) is 24.2 Å². The van der Waals surface area contributed by atoms with Crippen molar-refractivity contribution in [2.45, 2.75) is 43.5 Å². The van der Waals surface area contributed by atoms with E-state index in [1.165, 1.54) is 17.7 Å². The van der Waals surface area contributed by atoms with Crippen molar-refractivity contribution in [2.75, 3.05) is 5.75 Å². The second-order valence-corrected chi connectivity index (χ2v) is 7.20. The average Bonchev–Trinajstić information content (AvgIpc) is 3.16. The Hall–Kier alpha value is -2.01. The third kappa shape index (κ3) is 3.26. The van der Waals surface area contributed by atoms with Gasteiger partial charge >= 0.3 is 5.97 Å². The number of fused-ring (bicyclic) bond motifs is 1. The van der Waals surface area contributed by atoms with Gasteiger partial charge < -0.3 is 9.67 Å². The fourth-order valence-corrected chi connectivity index (χ4v) is 4.07. The van der Waals surface area contributed by atoms with Crippen LogP contribution in [0.5, 0.6) is 0 Å². The van der Waals surface area contributed by atoms with Crippen LogP contribution >= 0.6 is 11.8 Å². The molecule has 2 aromatic rings. The molecule has 1 aliphatic heterocycles. The molecule has 24 heavy (non-hydrogen) atoms. The number of carboxylic acid groups (broad SMARTS) is 1. The van der Waals surface area contributed by atoms with Gasteiger partial charge in [-0.15, -0.1) is 11.8 Å². The Labute approximate surface area is 145 Å². The van der Waals surface area contributed by atoms with E-state index in [4.69, 9.17) is 0 Å². The van der Waals surface area contributed by atoms with Crippen LogP contribution in [0.15, 0.2) is 41.3 Å². The summed E-state index contributed by atoms with van der Waals surface area (Å²) in [6.45, 7) is 2.76. The molecule has 1 atom stereocenters. The molecule has 1 aromatic carbocycles. The van der Waals surface area contributed by atoms with Crippen LogP contribution in [-0.4, -0.2) is 27.2 Å². The molecule has 0 spiro atoms. The number of nitrogens with zero attached hydrogens (tertiary/aromatic N) is 1. The summed E-state index contributed by atoms with van der Waals surface area (Å²) in [5.74, 6) is -0.271. The van der Waals surface area contributed by atoms with Crippen molar-refractivity contribution in [3.63, 3.8) is 0 Å². The molecule has 3 rings (SSSR count). The van der Waals surface area contributed by atoms with E-state index in [-0.39, 0.29) is 5.78 Å². The lowest BCUT2D eigenvalue weighted by Gasteiger charge is -2.07. The van der Waals surface area contributed by atoms with Crippen molar-refractivity contribution in [3.05, 3.63) is 53.3 Å². The van der Waals surface area contributed by atoms with Gasteiger partial charge in [-0.1, -0.05) is 13.3 Å². The van der Waals surface area contributed by atoms with Gasteiger partial charge in [0.2, 0.25) is 5.78 Å². The number of hydrogen-bond acceptors (Lipinski definition) is 3. The molecule has 0 aliphatic carbocycles. The van der Waals surface area contributed by atoms with Gasteiger partial charge in [0.25, 0.3) is 0 Å². The minimum absolute atomic E-state index is 0.0441. The lowest BCUT2D eigenvalue weighted by molar-refractivity contribution is -0.138. The van der Waals surface area contributed by atoms with Crippen LogP contribution in [0.2, 0.25) is 0 Å². The number of thioether (sulfide) groups is 1. The highest BCUT2D eigenvalue weighted by Crippen LogP contribution is 2.31. The molecule has 126 valence electrons. The lowest BCUT2D eigenvalue weighted by Crippen LogP contribution is -2.10. The third-order valence-electron chi connectivity index (χ3n) is 4.43. The molecule has 2 heterocycles. The molecule has 0 amide bonds. The number of aliphatic carboxylic acids is 1. The molecule has 0 saturated carbocycles. The van der Waals surface area contributed by atoms with E-state index >= 15 is 0 Å². The smallest absolute Gasteiger partial charge is 0.312 e. The maximum absolute atomic E-state index is 12.7. The zero-order valence-electron chi connectivity index (χ0n) is 13.7. The van der Waals surface area contributed by atoms with Gasteiger partial charge in [0, 0.05) is 22.7 Å².